The van der Waals surface area contributed by atoms with Crippen molar-refractivity contribution in [2.45, 2.75) is 5.16 Å². The maximum absolute atomic E-state index is 6.22. The third-order valence-electron chi connectivity index (χ3n) is 2.85. The summed E-state index contributed by atoms with van der Waals surface area (Å²) < 4.78 is 0. The molecule has 1 aromatic heterocycles. The Balaban J connectivity index is 2.09. The van der Waals surface area contributed by atoms with Crippen molar-refractivity contribution >= 4 is 46.9 Å². The summed E-state index contributed by atoms with van der Waals surface area (Å²) in [6.07, 6.45) is 5.61. The SMILES string of the molecule is CSc1ncc2c(n1)=NCN(c1c(Cl)cccc1Cl)C=2. The molecule has 1 aromatic carbocycles. The first-order valence-corrected chi connectivity index (χ1v) is 7.81. The van der Waals surface area contributed by atoms with E-state index in [0.717, 1.165) is 10.9 Å². The summed E-state index contributed by atoms with van der Waals surface area (Å²) in [5.74, 6) is 0. The quantitative estimate of drug-likeness (QED) is 0.628. The zero-order valence-corrected chi connectivity index (χ0v) is 12.9. The Labute approximate surface area is 130 Å². The third-order valence-corrected chi connectivity index (χ3v) is 4.02. The van der Waals surface area contributed by atoms with Crippen LogP contribution >= 0.6 is 35.0 Å². The second kappa shape index (κ2) is 5.60. The van der Waals surface area contributed by atoms with E-state index in [2.05, 4.69) is 15.0 Å². The third kappa shape index (κ3) is 2.49. The molecule has 0 radical (unpaired) electrons. The Morgan fingerprint density at radius 3 is 2.70 bits per heavy atom. The van der Waals surface area contributed by atoms with Crippen LogP contribution in [0.2, 0.25) is 10.0 Å². The number of para-hydroxylation sites is 1. The summed E-state index contributed by atoms with van der Waals surface area (Å²) in [7, 11) is 0. The molecule has 102 valence electrons. The maximum Gasteiger partial charge on any atom is 0.189 e. The lowest BCUT2D eigenvalue weighted by atomic mass is 10.3. The van der Waals surface area contributed by atoms with E-state index in [-0.39, 0.29) is 0 Å². The van der Waals surface area contributed by atoms with Gasteiger partial charge < -0.3 is 4.90 Å². The van der Waals surface area contributed by atoms with E-state index >= 15 is 0 Å². The summed E-state index contributed by atoms with van der Waals surface area (Å²) in [6.45, 7) is 0.432. The van der Waals surface area contributed by atoms with Gasteiger partial charge in [-0.3, -0.25) is 0 Å². The fourth-order valence-corrected chi connectivity index (χ4v) is 2.88. The lowest BCUT2D eigenvalue weighted by Gasteiger charge is -2.22. The second-order valence-electron chi connectivity index (χ2n) is 4.10. The van der Waals surface area contributed by atoms with Gasteiger partial charge in [0.1, 0.15) is 6.67 Å². The van der Waals surface area contributed by atoms with Gasteiger partial charge in [-0.25, -0.2) is 15.0 Å². The summed E-state index contributed by atoms with van der Waals surface area (Å²) in [5, 5.41) is 2.75. The first kappa shape index (κ1) is 13.7. The molecule has 0 N–H and O–H groups in total. The Hall–Kier alpha value is -1.30. The molecule has 1 aliphatic rings. The van der Waals surface area contributed by atoms with Gasteiger partial charge in [-0.15, -0.1) is 0 Å². The van der Waals surface area contributed by atoms with E-state index in [1.54, 1.807) is 18.3 Å². The van der Waals surface area contributed by atoms with Crippen LogP contribution in [0, 0.1) is 0 Å². The molecular formula is C13H10Cl2N4S. The molecule has 20 heavy (non-hydrogen) atoms. The van der Waals surface area contributed by atoms with Crippen LogP contribution in [0.15, 0.2) is 34.5 Å². The number of nitrogens with zero attached hydrogens (tertiary/aromatic N) is 4. The van der Waals surface area contributed by atoms with E-state index in [4.69, 9.17) is 23.2 Å². The zero-order valence-electron chi connectivity index (χ0n) is 10.5. The molecule has 7 heteroatoms. The number of fused-ring (bicyclic) bond motifs is 1. The predicted octanol–water partition coefficient (Wildman–Crippen LogP) is 2.34. The molecule has 0 bridgehead atoms. The lowest BCUT2D eigenvalue weighted by molar-refractivity contribution is 0.835. The first-order chi connectivity index (χ1) is 9.69. The Morgan fingerprint density at radius 2 is 2.00 bits per heavy atom. The van der Waals surface area contributed by atoms with Crippen molar-refractivity contribution in [3.05, 3.63) is 45.1 Å². The average molecular weight is 325 g/mol. The number of aromatic nitrogens is 2. The van der Waals surface area contributed by atoms with Gasteiger partial charge in [0.25, 0.3) is 0 Å². The van der Waals surface area contributed by atoms with Crippen molar-refractivity contribution < 1.29 is 0 Å². The van der Waals surface area contributed by atoms with Crippen LogP contribution in [0.4, 0.5) is 5.69 Å². The summed E-state index contributed by atoms with van der Waals surface area (Å²) >= 11 is 13.9. The molecule has 0 saturated heterocycles. The monoisotopic (exact) mass is 324 g/mol. The highest BCUT2D eigenvalue weighted by Crippen LogP contribution is 2.33. The van der Waals surface area contributed by atoms with Crippen molar-refractivity contribution in [2.75, 3.05) is 17.8 Å². The molecule has 2 aromatic rings. The minimum Gasteiger partial charge on any atom is -0.325 e. The number of hydrogen-bond acceptors (Lipinski definition) is 5. The molecule has 4 nitrogen and oxygen atoms in total. The van der Waals surface area contributed by atoms with Crippen molar-refractivity contribution in [3.8, 4) is 0 Å². The molecule has 0 atom stereocenters. The minimum atomic E-state index is 0.432. The van der Waals surface area contributed by atoms with Gasteiger partial charge in [-0.1, -0.05) is 41.0 Å². The van der Waals surface area contributed by atoms with Gasteiger partial charge in [0, 0.05) is 12.4 Å². The van der Waals surface area contributed by atoms with Crippen molar-refractivity contribution in [1.82, 2.24) is 9.97 Å². The zero-order chi connectivity index (χ0) is 14.1. The highest BCUT2D eigenvalue weighted by Gasteiger charge is 2.14. The smallest absolute Gasteiger partial charge is 0.189 e. The molecule has 3 rings (SSSR count). The van der Waals surface area contributed by atoms with Crippen LogP contribution in [0.1, 0.15) is 0 Å². The number of hydrogen-bond donors (Lipinski definition) is 0. The van der Waals surface area contributed by atoms with Gasteiger partial charge in [0.2, 0.25) is 0 Å². The van der Waals surface area contributed by atoms with Gasteiger partial charge in [0.15, 0.2) is 10.6 Å². The largest absolute Gasteiger partial charge is 0.325 e. The van der Waals surface area contributed by atoms with E-state index in [0.29, 0.717) is 27.4 Å². The van der Waals surface area contributed by atoms with Gasteiger partial charge >= 0.3 is 0 Å². The fourth-order valence-electron chi connectivity index (χ4n) is 1.93. The van der Waals surface area contributed by atoms with Crippen molar-refractivity contribution in [3.63, 3.8) is 0 Å². The van der Waals surface area contributed by atoms with Gasteiger partial charge in [-0.2, -0.15) is 0 Å². The fraction of sp³-hybridized carbons (Fsp3) is 0.154. The lowest BCUT2D eigenvalue weighted by Crippen LogP contribution is -2.39. The van der Waals surface area contributed by atoms with Crippen LogP contribution in [-0.2, 0) is 0 Å². The van der Waals surface area contributed by atoms with E-state index in [1.807, 2.05) is 23.4 Å². The Bertz CT molecular complexity index is 758. The van der Waals surface area contributed by atoms with E-state index in [1.165, 1.54) is 11.8 Å². The molecule has 0 saturated carbocycles. The van der Waals surface area contributed by atoms with Crippen LogP contribution in [-0.4, -0.2) is 22.9 Å². The molecule has 0 unspecified atom stereocenters. The Morgan fingerprint density at radius 1 is 1.25 bits per heavy atom. The topological polar surface area (TPSA) is 41.4 Å². The van der Waals surface area contributed by atoms with Crippen LogP contribution in [0.25, 0.3) is 6.20 Å². The van der Waals surface area contributed by atoms with E-state index < -0.39 is 0 Å². The molecule has 0 spiro atoms. The van der Waals surface area contributed by atoms with E-state index in [9.17, 15) is 0 Å². The van der Waals surface area contributed by atoms with Crippen molar-refractivity contribution in [1.29, 1.82) is 0 Å². The van der Waals surface area contributed by atoms with Crippen molar-refractivity contribution in [2.24, 2.45) is 4.99 Å². The molecule has 1 aliphatic heterocycles. The molecule has 2 heterocycles. The molecular weight excluding hydrogens is 315 g/mol. The number of rotatable bonds is 2. The number of thioether (sulfide) groups is 1. The normalized spacial score (nSPS) is 13.4. The molecule has 0 aliphatic carbocycles. The number of halogens is 2. The standard InChI is InChI=1S/C13H10Cl2N4S/c1-20-13-16-5-8-6-19(7-17-12(8)18-13)11-9(14)3-2-4-10(11)15/h2-6H,7H2,1H3. The summed E-state index contributed by atoms with van der Waals surface area (Å²) in [6, 6.07) is 5.43. The first-order valence-electron chi connectivity index (χ1n) is 5.83. The van der Waals surface area contributed by atoms with Crippen LogP contribution in [0.3, 0.4) is 0 Å². The maximum atomic E-state index is 6.22. The second-order valence-corrected chi connectivity index (χ2v) is 5.69. The number of benzene rings is 1. The molecule has 0 amide bonds. The van der Waals surface area contributed by atoms with Crippen LogP contribution in [0.5, 0.6) is 0 Å². The summed E-state index contributed by atoms with van der Waals surface area (Å²) in [4.78, 5) is 15.0. The average Bonchev–Trinajstić information content (AvgIpc) is 2.46. The van der Waals surface area contributed by atoms with Gasteiger partial charge in [-0.05, 0) is 18.4 Å². The minimum absolute atomic E-state index is 0.432. The van der Waals surface area contributed by atoms with Crippen LogP contribution < -0.4 is 15.6 Å². The van der Waals surface area contributed by atoms with Gasteiger partial charge in [0.05, 0.1) is 21.0 Å². The molecule has 0 fully saturated rings. The summed E-state index contributed by atoms with van der Waals surface area (Å²) in [5.41, 5.74) is 1.45. The highest BCUT2D eigenvalue weighted by molar-refractivity contribution is 7.98. The number of anilines is 1. The Kier molecular flexibility index (Phi) is 3.83. The highest BCUT2D eigenvalue weighted by atomic mass is 35.5. The predicted molar refractivity (Wildman–Crippen MR) is 82.9 cm³/mol.